The number of hydrogen-bond donors (Lipinski definition) is 2. The molecule has 0 unspecified atom stereocenters. The minimum atomic E-state index is -0.0293. The summed E-state index contributed by atoms with van der Waals surface area (Å²) in [6, 6.07) is 16.5. The number of nitrogen functional groups attached to an aromatic ring is 1. The van der Waals surface area contributed by atoms with Crippen molar-refractivity contribution in [1.82, 2.24) is 0 Å². The SMILES string of the molecule is CC(=O)c1ccc(C2=CB3C(=BC=C3Cc3ccc4bcccc4c3)C(N)=C2)cc1N. The number of hydrogen-bond acceptors (Lipinski definition) is 3. The van der Waals surface area contributed by atoms with Crippen LogP contribution in [0, 0.1) is 0 Å². The van der Waals surface area contributed by atoms with E-state index in [1.54, 1.807) is 6.07 Å². The van der Waals surface area contributed by atoms with Gasteiger partial charge < -0.3 is 0 Å². The summed E-state index contributed by atoms with van der Waals surface area (Å²) in [7, 11) is 0. The Hall–Kier alpha value is -3.40. The van der Waals surface area contributed by atoms with Crippen molar-refractivity contribution in [2.24, 2.45) is 5.73 Å². The number of Topliss-reactive ketones (excluding diaryl/α,β-unsaturated/α-hetero) is 1. The molecule has 4 N–H and O–H groups in total. The molecular weight excluding hydrogens is 377 g/mol. The molecule has 0 spiro atoms. The van der Waals surface area contributed by atoms with Crippen LogP contribution in [0.1, 0.15) is 28.4 Å². The van der Waals surface area contributed by atoms with Gasteiger partial charge in [-0.05, 0) is 0 Å². The van der Waals surface area contributed by atoms with Gasteiger partial charge in [-0.2, -0.15) is 0 Å². The molecule has 146 valence electrons. The van der Waals surface area contributed by atoms with E-state index in [0.717, 1.165) is 28.6 Å². The van der Waals surface area contributed by atoms with Crippen molar-refractivity contribution < 1.29 is 4.79 Å². The summed E-state index contributed by atoms with van der Waals surface area (Å²) in [5.41, 5.74) is 19.0. The molecule has 0 fully saturated rings. The Morgan fingerprint density at radius 2 is 1.97 bits per heavy atom. The Labute approximate surface area is 183 Å². The molecule has 0 aliphatic carbocycles. The summed E-state index contributed by atoms with van der Waals surface area (Å²) < 4.78 is 0. The number of nitrogens with two attached hydrogens (primary N) is 2. The molecule has 1 aromatic heterocycles. The van der Waals surface area contributed by atoms with Crippen molar-refractivity contribution in [2.75, 3.05) is 5.73 Å². The zero-order valence-corrected chi connectivity index (χ0v) is 17.4. The van der Waals surface area contributed by atoms with Gasteiger partial charge in [0.2, 0.25) is 0 Å². The molecule has 0 saturated carbocycles. The van der Waals surface area contributed by atoms with E-state index in [1.165, 1.54) is 28.6 Å². The quantitative estimate of drug-likeness (QED) is 0.403. The number of rotatable bonds is 4. The third-order valence-electron chi connectivity index (χ3n) is 6.19. The first-order valence-corrected chi connectivity index (χ1v) is 10.5. The fraction of sp³-hybridized carbons (Fsp3) is 0.0800. The van der Waals surface area contributed by atoms with Crippen molar-refractivity contribution in [3.63, 3.8) is 0 Å². The Morgan fingerprint density at radius 1 is 1.10 bits per heavy atom. The topological polar surface area (TPSA) is 69.1 Å². The second-order valence-corrected chi connectivity index (χ2v) is 8.28. The molecule has 6 heteroatoms. The number of fused-ring (bicyclic) bond motifs is 2. The standard InChI is InChI=1S/C25H21B3N2O/c1-15(31)21-6-5-17(11-23(21)29)19-12-24(30)25-27-13-20(28(25)14-19)10-16-4-7-22-18(9-16)3-2-8-26-22/h2-9,11-14H,10,29-30H2,1H3. The summed E-state index contributed by atoms with van der Waals surface area (Å²) in [6.07, 6.45) is 2.87. The fourth-order valence-corrected chi connectivity index (χ4v) is 4.55. The molecule has 0 bridgehead atoms. The third kappa shape index (κ3) is 3.63. The predicted octanol–water partition coefficient (Wildman–Crippen LogP) is 3.33. The number of anilines is 1. The molecule has 3 aromatic rings. The average molecular weight is 398 g/mol. The Kier molecular flexibility index (Phi) is 4.86. The number of ketones is 1. The van der Waals surface area contributed by atoms with Crippen molar-refractivity contribution in [3.05, 3.63) is 100 Å². The first kappa shape index (κ1) is 19.6. The summed E-state index contributed by atoms with van der Waals surface area (Å²) in [5, 5.41) is 3.66. The maximum absolute atomic E-state index is 11.7. The number of allylic oxidation sites excluding steroid dienone is 4. The molecule has 31 heavy (non-hydrogen) atoms. The predicted molar refractivity (Wildman–Crippen MR) is 135 cm³/mol. The maximum atomic E-state index is 11.7. The van der Waals surface area contributed by atoms with Crippen molar-refractivity contribution in [3.8, 4) is 0 Å². The molecule has 0 amide bonds. The summed E-state index contributed by atoms with van der Waals surface area (Å²) in [5.74, 6) is 6.49. The van der Waals surface area contributed by atoms with Gasteiger partial charge >= 0.3 is 184 Å². The molecular formula is C25H21B3N2O. The second-order valence-electron chi connectivity index (χ2n) is 8.28. The van der Waals surface area contributed by atoms with Crippen LogP contribution in [0.25, 0.3) is 16.2 Å². The molecule has 2 aliphatic heterocycles. The van der Waals surface area contributed by atoms with Gasteiger partial charge in [-0.25, -0.2) is 0 Å². The molecule has 0 radical (unpaired) electrons. The van der Waals surface area contributed by atoms with E-state index in [9.17, 15) is 4.79 Å². The molecule has 2 aliphatic rings. The van der Waals surface area contributed by atoms with Gasteiger partial charge in [0.15, 0.2) is 0 Å². The van der Waals surface area contributed by atoms with Gasteiger partial charge in [0.1, 0.15) is 0 Å². The van der Waals surface area contributed by atoms with E-state index < -0.39 is 0 Å². The van der Waals surface area contributed by atoms with Gasteiger partial charge in [-0.15, -0.1) is 0 Å². The zero-order valence-electron chi connectivity index (χ0n) is 17.4. The van der Waals surface area contributed by atoms with E-state index in [0.29, 0.717) is 11.3 Å². The molecule has 2 aromatic carbocycles. The first-order chi connectivity index (χ1) is 15.0. The van der Waals surface area contributed by atoms with Gasteiger partial charge in [-0.3, -0.25) is 0 Å². The monoisotopic (exact) mass is 398 g/mol. The van der Waals surface area contributed by atoms with Crippen LogP contribution in [0.2, 0.25) is 0 Å². The van der Waals surface area contributed by atoms with Gasteiger partial charge in [-0.1, -0.05) is 0 Å². The van der Waals surface area contributed by atoms with Gasteiger partial charge in [0.05, 0.1) is 0 Å². The molecule has 0 saturated heterocycles. The summed E-state index contributed by atoms with van der Waals surface area (Å²) in [6.45, 7) is 5.95. The van der Waals surface area contributed by atoms with Crippen molar-refractivity contribution in [2.45, 2.75) is 13.3 Å². The Balaban J connectivity index is 1.45. The van der Waals surface area contributed by atoms with Crippen molar-refractivity contribution >= 4 is 53.6 Å². The molecule has 3 nitrogen and oxygen atoms in total. The Bertz CT molecular complexity index is 1370. The normalized spacial score (nSPS) is 14.8. The van der Waals surface area contributed by atoms with E-state index in [4.69, 9.17) is 11.5 Å². The van der Waals surface area contributed by atoms with E-state index in [-0.39, 0.29) is 12.5 Å². The van der Waals surface area contributed by atoms with Crippen LogP contribution >= 0.6 is 0 Å². The second kappa shape index (κ2) is 7.70. The molecule has 0 atom stereocenters. The van der Waals surface area contributed by atoms with Crippen LogP contribution < -0.4 is 11.5 Å². The first-order valence-electron chi connectivity index (χ1n) is 10.5. The van der Waals surface area contributed by atoms with Crippen LogP contribution in [0.4, 0.5) is 5.69 Å². The number of carbonyl (C=O) groups is 1. The fourth-order valence-electron chi connectivity index (χ4n) is 4.55. The van der Waals surface area contributed by atoms with Crippen LogP contribution in [0.3, 0.4) is 0 Å². The summed E-state index contributed by atoms with van der Waals surface area (Å²) >= 11 is 0. The minimum absolute atomic E-state index is 0.0293. The van der Waals surface area contributed by atoms with Crippen LogP contribution in [0.5, 0.6) is 0 Å². The van der Waals surface area contributed by atoms with Crippen LogP contribution in [0.15, 0.2) is 83.7 Å². The van der Waals surface area contributed by atoms with Gasteiger partial charge in [0.25, 0.3) is 0 Å². The van der Waals surface area contributed by atoms with E-state index >= 15 is 0 Å². The Morgan fingerprint density at radius 3 is 2.77 bits per heavy atom. The summed E-state index contributed by atoms with van der Waals surface area (Å²) in [4.78, 5) is 11.7. The molecule has 5 rings (SSSR count). The average Bonchev–Trinajstić information content (AvgIpc) is 3.16. The van der Waals surface area contributed by atoms with Crippen molar-refractivity contribution in [1.29, 1.82) is 0 Å². The zero-order chi connectivity index (χ0) is 21.5. The number of carbonyl (C=O) groups excluding carboxylic acids is 1. The van der Waals surface area contributed by atoms with Gasteiger partial charge in [0, 0.05) is 0 Å². The van der Waals surface area contributed by atoms with E-state index in [2.05, 4.69) is 62.1 Å². The van der Waals surface area contributed by atoms with Crippen LogP contribution in [-0.2, 0) is 6.42 Å². The number of benzene rings is 2. The van der Waals surface area contributed by atoms with E-state index in [1.807, 2.05) is 18.2 Å². The molecule has 3 heterocycles. The third-order valence-corrected chi connectivity index (χ3v) is 6.19. The van der Waals surface area contributed by atoms with Crippen LogP contribution in [-0.4, -0.2) is 31.7 Å².